The van der Waals surface area contributed by atoms with Crippen molar-refractivity contribution in [2.24, 2.45) is 0 Å². The first-order chi connectivity index (χ1) is 14.4. The first kappa shape index (κ1) is 23.5. The fraction of sp³-hybridized carbons (Fsp3) is 0.190. The van der Waals surface area contributed by atoms with Crippen LogP contribution in [0.1, 0.15) is 22.3 Å². The summed E-state index contributed by atoms with van der Waals surface area (Å²) in [6, 6.07) is 7.45. The lowest BCUT2D eigenvalue weighted by molar-refractivity contribution is 0.0986. The van der Waals surface area contributed by atoms with Crippen LogP contribution in [0.25, 0.3) is 10.2 Å². The molecule has 0 saturated heterocycles. The van der Waals surface area contributed by atoms with Crippen molar-refractivity contribution < 1.29 is 9.18 Å². The second-order valence-electron chi connectivity index (χ2n) is 6.80. The highest BCUT2D eigenvalue weighted by molar-refractivity contribution is 7.22. The van der Waals surface area contributed by atoms with E-state index in [1.807, 2.05) is 29.8 Å². The molecule has 4 rings (SSSR count). The number of benzene rings is 2. The van der Waals surface area contributed by atoms with Gasteiger partial charge in [0, 0.05) is 30.5 Å². The van der Waals surface area contributed by atoms with Crippen molar-refractivity contribution in [3.8, 4) is 0 Å². The first-order valence-electron chi connectivity index (χ1n) is 9.22. The number of imidazole rings is 1. The number of thiazole rings is 1. The zero-order valence-corrected chi connectivity index (χ0v) is 19.5. The predicted molar refractivity (Wildman–Crippen MR) is 127 cm³/mol. The molecule has 0 unspecified atom stereocenters. The molecule has 162 valence electrons. The van der Waals surface area contributed by atoms with Gasteiger partial charge in [0.1, 0.15) is 5.82 Å². The highest BCUT2D eigenvalue weighted by Gasteiger charge is 2.23. The number of aromatic nitrogens is 3. The molecule has 1 amide bonds. The fourth-order valence-electron chi connectivity index (χ4n) is 3.18. The number of fused-ring (bicyclic) bond motifs is 1. The molecule has 10 heteroatoms. The van der Waals surface area contributed by atoms with Gasteiger partial charge in [0.2, 0.25) is 0 Å². The second-order valence-corrected chi connectivity index (χ2v) is 8.65. The molecule has 5 nitrogen and oxygen atoms in total. The van der Waals surface area contributed by atoms with Gasteiger partial charge >= 0.3 is 0 Å². The summed E-state index contributed by atoms with van der Waals surface area (Å²) in [4.78, 5) is 23.7. The van der Waals surface area contributed by atoms with Crippen molar-refractivity contribution in [3.63, 3.8) is 0 Å². The number of aryl methyl sites for hydroxylation is 2. The van der Waals surface area contributed by atoms with E-state index >= 15 is 0 Å². The van der Waals surface area contributed by atoms with Gasteiger partial charge in [0.15, 0.2) is 5.13 Å². The quantitative estimate of drug-likeness (QED) is 0.308. The van der Waals surface area contributed by atoms with Gasteiger partial charge in [0.05, 0.1) is 27.1 Å². The SMILES string of the molecule is Cc1cc(Cl)cc2sc(N(CCCn3ccnc3)C(=O)c3ccc(F)cc3Cl)nc12.Cl. The summed E-state index contributed by atoms with van der Waals surface area (Å²) in [6.07, 6.45) is 5.98. The molecule has 31 heavy (non-hydrogen) atoms. The Labute approximate surface area is 198 Å². The molecule has 0 N–H and O–H groups in total. The Balaban J connectivity index is 0.00000272. The number of anilines is 1. The minimum Gasteiger partial charge on any atom is -0.337 e. The average molecular weight is 500 g/mol. The van der Waals surface area contributed by atoms with Crippen LogP contribution < -0.4 is 4.90 Å². The predicted octanol–water partition coefficient (Wildman–Crippen LogP) is 6.41. The number of halogens is 4. The number of hydrogen-bond acceptors (Lipinski definition) is 4. The number of rotatable bonds is 6. The first-order valence-corrected chi connectivity index (χ1v) is 10.8. The maximum absolute atomic E-state index is 13.5. The van der Waals surface area contributed by atoms with Crippen molar-refractivity contribution in [2.75, 3.05) is 11.4 Å². The van der Waals surface area contributed by atoms with Crippen LogP contribution in [0.2, 0.25) is 10.0 Å². The molecule has 0 aliphatic heterocycles. The lowest BCUT2D eigenvalue weighted by Crippen LogP contribution is -2.32. The van der Waals surface area contributed by atoms with Crippen molar-refractivity contribution in [3.05, 3.63) is 76.0 Å². The zero-order chi connectivity index (χ0) is 21.3. The van der Waals surface area contributed by atoms with Gasteiger partial charge in [-0.1, -0.05) is 34.5 Å². The molecule has 2 heterocycles. The van der Waals surface area contributed by atoms with Crippen LogP contribution in [0.4, 0.5) is 9.52 Å². The van der Waals surface area contributed by atoms with Crippen LogP contribution in [-0.4, -0.2) is 27.0 Å². The Morgan fingerprint density at radius 1 is 1.26 bits per heavy atom. The van der Waals surface area contributed by atoms with Crippen LogP contribution >= 0.6 is 46.9 Å². The summed E-state index contributed by atoms with van der Waals surface area (Å²) in [7, 11) is 0. The maximum Gasteiger partial charge on any atom is 0.261 e. The molecular formula is C21H18Cl3FN4OS. The van der Waals surface area contributed by atoms with Gasteiger partial charge < -0.3 is 4.57 Å². The summed E-state index contributed by atoms with van der Waals surface area (Å²) in [5, 5.41) is 1.24. The van der Waals surface area contributed by atoms with Crippen LogP contribution in [0.5, 0.6) is 0 Å². The van der Waals surface area contributed by atoms with E-state index in [0.29, 0.717) is 29.7 Å². The molecular weight excluding hydrogens is 482 g/mol. The van der Waals surface area contributed by atoms with E-state index < -0.39 is 5.82 Å². The summed E-state index contributed by atoms with van der Waals surface area (Å²) in [5.74, 6) is -0.818. The van der Waals surface area contributed by atoms with Crippen molar-refractivity contribution in [1.82, 2.24) is 14.5 Å². The Kier molecular flexibility index (Phi) is 7.54. The minimum atomic E-state index is -0.492. The van der Waals surface area contributed by atoms with Gasteiger partial charge in [-0.25, -0.2) is 14.4 Å². The van der Waals surface area contributed by atoms with Crippen LogP contribution in [0.3, 0.4) is 0 Å². The third-order valence-corrected chi connectivity index (χ3v) is 6.19. The van der Waals surface area contributed by atoms with Gasteiger partial charge in [-0.2, -0.15) is 0 Å². The topological polar surface area (TPSA) is 51.0 Å². The van der Waals surface area contributed by atoms with Gasteiger partial charge in [0.25, 0.3) is 5.91 Å². The lowest BCUT2D eigenvalue weighted by atomic mass is 10.2. The number of hydrogen-bond donors (Lipinski definition) is 0. The van der Waals surface area contributed by atoms with E-state index in [9.17, 15) is 9.18 Å². The maximum atomic E-state index is 13.5. The van der Waals surface area contributed by atoms with Gasteiger partial charge in [-0.3, -0.25) is 9.69 Å². The summed E-state index contributed by atoms with van der Waals surface area (Å²) < 4.78 is 16.3. The summed E-state index contributed by atoms with van der Waals surface area (Å²) >= 11 is 13.7. The van der Waals surface area contributed by atoms with Crippen molar-refractivity contribution in [2.45, 2.75) is 19.9 Å². The average Bonchev–Trinajstić information content (AvgIpc) is 3.34. The lowest BCUT2D eigenvalue weighted by Gasteiger charge is -2.20. The van der Waals surface area contributed by atoms with Crippen LogP contribution in [0, 0.1) is 12.7 Å². The highest BCUT2D eigenvalue weighted by atomic mass is 35.5. The van der Waals surface area contributed by atoms with E-state index in [1.54, 1.807) is 17.4 Å². The Hall–Kier alpha value is -2.19. The van der Waals surface area contributed by atoms with E-state index in [4.69, 9.17) is 28.2 Å². The molecule has 4 aromatic rings. The second kappa shape index (κ2) is 9.96. The number of carbonyl (C=O) groups excluding carboxylic acids is 1. The third-order valence-electron chi connectivity index (χ3n) is 4.63. The van der Waals surface area contributed by atoms with Gasteiger partial charge in [-0.15, -0.1) is 12.4 Å². The molecule has 0 atom stereocenters. The minimum absolute atomic E-state index is 0. The smallest absolute Gasteiger partial charge is 0.261 e. The molecule has 0 saturated carbocycles. The van der Waals surface area contributed by atoms with Crippen LogP contribution in [0.15, 0.2) is 49.1 Å². The Morgan fingerprint density at radius 3 is 2.77 bits per heavy atom. The molecule has 2 aromatic heterocycles. The van der Waals surface area contributed by atoms with Crippen LogP contribution in [-0.2, 0) is 6.54 Å². The Morgan fingerprint density at radius 2 is 2.06 bits per heavy atom. The van der Waals surface area contributed by atoms with E-state index in [0.717, 1.165) is 21.8 Å². The molecule has 0 fully saturated rings. The fourth-order valence-corrected chi connectivity index (χ4v) is 4.87. The van der Waals surface area contributed by atoms with E-state index in [1.165, 1.54) is 23.5 Å². The van der Waals surface area contributed by atoms with E-state index in [-0.39, 0.29) is 28.9 Å². The summed E-state index contributed by atoms with van der Waals surface area (Å²) in [5.41, 5.74) is 1.97. The highest BCUT2D eigenvalue weighted by Crippen LogP contribution is 2.34. The molecule has 0 aliphatic rings. The zero-order valence-electron chi connectivity index (χ0n) is 16.4. The standard InChI is InChI=1S/C21H17Cl2FN4OS.ClH/c1-13-9-14(22)10-18-19(13)26-21(30-18)28(7-2-6-27-8-5-25-12-27)20(29)16-4-3-15(24)11-17(16)23;/h3-5,8-12H,2,6-7H2,1H3;1H. The molecule has 2 aromatic carbocycles. The normalized spacial score (nSPS) is 10.8. The molecule has 0 radical (unpaired) electrons. The van der Waals surface area contributed by atoms with E-state index in [2.05, 4.69) is 4.98 Å². The number of nitrogens with zero attached hydrogens (tertiary/aromatic N) is 4. The van der Waals surface area contributed by atoms with Crippen molar-refractivity contribution in [1.29, 1.82) is 0 Å². The number of carbonyl (C=O) groups is 1. The Bertz CT molecular complexity index is 1210. The molecule has 0 aliphatic carbocycles. The number of amides is 1. The van der Waals surface area contributed by atoms with Crippen molar-refractivity contribution >= 4 is 68.2 Å². The van der Waals surface area contributed by atoms with Gasteiger partial charge in [-0.05, 0) is 49.2 Å². The largest absolute Gasteiger partial charge is 0.337 e. The summed E-state index contributed by atoms with van der Waals surface area (Å²) in [6.45, 7) is 3.04. The monoisotopic (exact) mass is 498 g/mol. The third kappa shape index (κ3) is 5.18. The molecule has 0 spiro atoms. The molecule has 0 bridgehead atoms.